The standard InChI is InChI=1S/C15H13NO5/c1-7-8-2-4-20-14(8)12(9-3-5-19-13(7)9)11-6-10(15(17)18)16-21-11/h6H,2-5H2,1H3,(H,17,18). The summed E-state index contributed by atoms with van der Waals surface area (Å²) in [6.07, 6.45) is 1.58. The van der Waals surface area contributed by atoms with Crippen LogP contribution >= 0.6 is 0 Å². The molecule has 0 unspecified atom stereocenters. The van der Waals surface area contributed by atoms with Crippen molar-refractivity contribution < 1.29 is 23.9 Å². The molecule has 0 fully saturated rings. The molecular weight excluding hydrogens is 274 g/mol. The van der Waals surface area contributed by atoms with Crippen molar-refractivity contribution in [3.63, 3.8) is 0 Å². The number of aromatic carboxylic acids is 1. The molecule has 108 valence electrons. The summed E-state index contributed by atoms with van der Waals surface area (Å²) >= 11 is 0. The maximum Gasteiger partial charge on any atom is 0.358 e. The van der Waals surface area contributed by atoms with Gasteiger partial charge in [0.1, 0.15) is 11.5 Å². The second kappa shape index (κ2) is 4.25. The molecule has 2 aliphatic heterocycles. The summed E-state index contributed by atoms with van der Waals surface area (Å²) in [7, 11) is 0. The minimum atomic E-state index is -1.11. The summed E-state index contributed by atoms with van der Waals surface area (Å²) < 4.78 is 16.7. The molecule has 1 aromatic carbocycles. The van der Waals surface area contributed by atoms with Gasteiger partial charge in [-0.2, -0.15) is 0 Å². The lowest BCUT2D eigenvalue weighted by atomic mass is 9.93. The molecule has 1 aromatic heterocycles. The van der Waals surface area contributed by atoms with Gasteiger partial charge in [-0.15, -0.1) is 0 Å². The predicted molar refractivity (Wildman–Crippen MR) is 72.0 cm³/mol. The average Bonchev–Trinajstić information content (AvgIpc) is 3.19. The highest BCUT2D eigenvalue weighted by Crippen LogP contribution is 2.48. The van der Waals surface area contributed by atoms with Crippen molar-refractivity contribution in [1.29, 1.82) is 0 Å². The molecule has 0 bridgehead atoms. The summed E-state index contributed by atoms with van der Waals surface area (Å²) in [6, 6.07) is 1.44. The van der Waals surface area contributed by atoms with Gasteiger partial charge in [0.25, 0.3) is 0 Å². The summed E-state index contributed by atoms with van der Waals surface area (Å²) in [4.78, 5) is 11.0. The molecule has 0 atom stereocenters. The molecule has 0 spiro atoms. The van der Waals surface area contributed by atoms with Crippen molar-refractivity contribution in [1.82, 2.24) is 5.16 Å². The predicted octanol–water partition coefficient (Wildman–Crippen LogP) is 2.22. The van der Waals surface area contributed by atoms with Gasteiger partial charge in [-0.1, -0.05) is 5.16 Å². The molecule has 0 saturated heterocycles. The summed E-state index contributed by atoms with van der Waals surface area (Å²) in [5.41, 5.74) is 3.92. The minimum absolute atomic E-state index is 0.106. The minimum Gasteiger partial charge on any atom is -0.493 e. The van der Waals surface area contributed by atoms with Gasteiger partial charge in [-0.05, 0) is 12.5 Å². The van der Waals surface area contributed by atoms with E-state index in [-0.39, 0.29) is 5.69 Å². The smallest absolute Gasteiger partial charge is 0.358 e. The number of nitrogens with zero attached hydrogens (tertiary/aromatic N) is 1. The number of ether oxygens (including phenoxy) is 2. The van der Waals surface area contributed by atoms with E-state index < -0.39 is 5.97 Å². The van der Waals surface area contributed by atoms with E-state index in [0.29, 0.717) is 19.0 Å². The number of hydrogen-bond donors (Lipinski definition) is 1. The fourth-order valence-electron chi connectivity index (χ4n) is 3.09. The van der Waals surface area contributed by atoms with E-state index in [1.807, 2.05) is 6.92 Å². The molecule has 3 heterocycles. The molecule has 0 amide bonds. The third-order valence-corrected chi connectivity index (χ3v) is 4.04. The Bertz CT molecular complexity index is 727. The Balaban J connectivity index is 1.98. The zero-order valence-corrected chi connectivity index (χ0v) is 11.4. The number of hydrogen-bond acceptors (Lipinski definition) is 5. The van der Waals surface area contributed by atoms with E-state index in [2.05, 4.69) is 5.16 Å². The number of fused-ring (bicyclic) bond motifs is 2. The van der Waals surface area contributed by atoms with Crippen molar-refractivity contribution >= 4 is 5.97 Å². The van der Waals surface area contributed by atoms with Gasteiger partial charge >= 0.3 is 5.97 Å². The van der Waals surface area contributed by atoms with Crippen LogP contribution in [0, 0.1) is 6.92 Å². The number of benzene rings is 1. The van der Waals surface area contributed by atoms with Crippen molar-refractivity contribution in [3.05, 3.63) is 28.5 Å². The van der Waals surface area contributed by atoms with E-state index in [9.17, 15) is 4.79 Å². The van der Waals surface area contributed by atoms with E-state index in [1.165, 1.54) is 6.07 Å². The van der Waals surface area contributed by atoms with E-state index in [4.69, 9.17) is 19.1 Å². The van der Waals surface area contributed by atoms with Crippen LogP contribution in [-0.2, 0) is 12.8 Å². The quantitative estimate of drug-likeness (QED) is 0.912. The van der Waals surface area contributed by atoms with E-state index >= 15 is 0 Å². The van der Waals surface area contributed by atoms with Gasteiger partial charge in [0.15, 0.2) is 11.5 Å². The molecule has 0 aliphatic carbocycles. The molecule has 0 radical (unpaired) electrons. The molecule has 0 saturated carbocycles. The first-order chi connectivity index (χ1) is 10.2. The molecule has 4 rings (SSSR count). The molecule has 21 heavy (non-hydrogen) atoms. The maximum atomic E-state index is 11.0. The largest absolute Gasteiger partial charge is 0.493 e. The highest BCUT2D eigenvalue weighted by atomic mass is 16.5. The van der Waals surface area contributed by atoms with E-state index in [1.54, 1.807) is 0 Å². The normalized spacial score (nSPS) is 15.3. The van der Waals surface area contributed by atoms with Crippen LogP contribution < -0.4 is 9.47 Å². The van der Waals surface area contributed by atoms with Crippen LogP contribution in [0.25, 0.3) is 11.3 Å². The topological polar surface area (TPSA) is 81.8 Å². The van der Waals surface area contributed by atoms with Crippen molar-refractivity contribution in [2.45, 2.75) is 19.8 Å². The van der Waals surface area contributed by atoms with Crippen LogP contribution in [0.15, 0.2) is 10.6 Å². The van der Waals surface area contributed by atoms with Crippen LogP contribution in [0.1, 0.15) is 27.2 Å². The van der Waals surface area contributed by atoms with E-state index in [0.717, 1.165) is 46.6 Å². The number of carboxylic acid groups (broad SMARTS) is 1. The highest BCUT2D eigenvalue weighted by Gasteiger charge is 2.32. The lowest BCUT2D eigenvalue weighted by Crippen LogP contribution is -1.95. The maximum absolute atomic E-state index is 11.0. The van der Waals surface area contributed by atoms with Gasteiger partial charge in [-0.25, -0.2) is 4.79 Å². The van der Waals surface area contributed by atoms with Gasteiger partial charge < -0.3 is 19.1 Å². The number of rotatable bonds is 2. The lowest BCUT2D eigenvalue weighted by molar-refractivity contribution is 0.0686. The molecule has 1 N–H and O–H groups in total. The van der Waals surface area contributed by atoms with Crippen LogP contribution in [0.4, 0.5) is 0 Å². The molecule has 6 nitrogen and oxygen atoms in total. The Morgan fingerprint density at radius 1 is 1.19 bits per heavy atom. The third kappa shape index (κ3) is 1.65. The fraction of sp³-hybridized carbons (Fsp3) is 0.333. The Labute approximate surface area is 120 Å². The summed E-state index contributed by atoms with van der Waals surface area (Å²) in [6.45, 7) is 3.27. The zero-order valence-electron chi connectivity index (χ0n) is 11.4. The Morgan fingerprint density at radius 2 is 1.90 bits per heavy atom. The van der Waals surface area contributed by atoms with Crippen molar-refractivity contribution in [2.75, 3.05) is 13.2 Å². The van der Waals surface area contributed by atoms with Gasteiger partial charge in [0, 0.05) is 30.0 Å². The SMILES string of the molecule is Cc1c2c(c(-c3cc(C(=O)O)no3)c3c1OCC3)OCC2. The Hall–Kier alpha value is -2.50. The average molecular weight is 287 g/mol. The monoisotopic (exact) mass is 287 g/mol. The van der Waals surface area contributed by atoms with Crippen LogP contribution in [-0.4, -0.2) is 29.4 Å². The van der Waals surface area contributed by atoms with Crippen molar-refractivity contribution in [2.24, 2.45) is 0 Å². The van der Waals surface area contributed by atoms with Gasteiger partial charge in [0.05, 0.1) is 18.8 Å². The first kappa shape index (κ1) is 12.3. The Kier molecular flexibility index (Phi) is 2.48. The first-order valence-corrected chi connectivity index (χ1v) is 6.81. The number of carbonyl (C=O) groups is 1. The molecule has 6 heteroatoms. The lowest BCUT2D eigenvalue weighted by Gasteiger charge is -2.13. The summed E-state index contributed by atoms with van der Waals surface area (Å²) in [5, 5.41) is 12.6. The Morgan fingerprint density at radius 3 is 2.62 bits per heavy atom. The molecule has 2 aromatic rings. The molecule has 2 aliphatic rings. The number of aromatic nitrogens is 1. The van der Waals surface area contributed by atoms with Crippen LogP contribution in [0.3, 0.4) is 0 Å². The third-order valence-electron chi connectivity index (χ3n) is 4.04. The fourth-order valence-corrected chi connectivity index (χ4v) is 3.09. The highest BCUT2D eigenvalue weighted by molar-refractivity contribution is 5.88. The second-order valence-electron chi connectivity index (χ2n) is 5.19. The molecular formula is C15H13NO5. The van der Waals surface area contributed by atoms with Gasteiger partial charge in [0.2, 0.25) is 0 Å². The zero-order chi connectivity index (χ0) is 14.6. The van der Waals surface area contributed by atoms with Crippen LogP contribution in [0.2, 0.25) is 0 Å². The van der Waals surface area contributed by atoms with Crippen LogP contribution in [0.5, 0.6) is 11.5 Å². The van der Waals surface area contributed by atoms with Crippen molar-refractivity contribution in [3.8, 4) is 22.8 Å². The first-order valence-electron chi connectivity index (χ1n) is 6.81. The number of carboxylic acids is 1. The van der Waals surface area contributed by atoms with Gasteiger partial charge in [-0.3, -0.25) is 0 Å². The second-order valence-corrected chi connectivity index (χ2v) is 5.19. The summed E-state index contributed by atoms with van der Waals surface area (Å²) in [5.74, 6) is 0.974.